The van der Waals surface area contributed by atoms with Crippen LogP contribution in [-0.4, -0.2) is 21.3 Å². The summed E-state index contributed by atoms with van der Waals surface area (Å²) in [6.45, 7) is 4.11. The minimum atomic E-state index is -1.02. The van der Waals surface area contributed by atoms with Crippen molar-refractivity contribution in [1.82, 2.24) is 0 Å². The maximum absolute atomic E-state index is 12.9. The number of carbonyl (C=O) groups excluding carboxylic acids is 1. The molecule has 0 saturated carbocycles. The zero-order valence-corrected chi connectivity index (χ0v) is 17.8. The third-order valence-corrected chi connectivity index (χ3v) is 6.16. The van der Waals surface area contributed by atoms with Gasteiger partial charge in [0.1, 0.15) is 11.5 Å². The summed E-state index contributed by atoms with van der Waals surface area (Å²) in [4.78, 5) is 25.8. The third-order valence-electron chi connectivity index (χ3n) is 4.86. The van der Waals surface area contributed by atoms with Crippen LogP contribution in [0.5, 0.6) is 0 Å². The number of anilines is 1. The molecule has 2 aromatic carbocycles. The van der Waals surface area contributed by atoms with E-state index >= 15 is 0 Å². The van der Waals surface area contributed by atoms with Gasteiger partial charge in [-0.3, -0.25) is 9.69 Å². The van der Waals surface area contributed by atoms with Crippen molar-refractivity contribution in [2.75, 3.05) is 4.90 Å². The molecule has 1 fully saturated rings. The average molecular weight is 436 g/mol. The summed E-state index contributed by atoms with van der Waals surface area (Å²) < 4.78 is 6.31. The molecule has 0 spiro atoms. The molecule has 150 valence electrons. The highest BCUT2D eigenvalue weighted by Crippen LogP contribution is 2.36. The number of furan rings is 1. The first kappa shape index (κ1) is 20.1. The van der Waals surface area contributed by atoms with Crippen LogP contribution in [0.25, 0.3) is 17.4 Å². The number of hydrogen-bond donors (Lipinski definition) is 1. The number of hydrogen-bond acceptors (Lipinski definition) is 5. The van der Waals surface area contributed by atoms with Crippen molar-refractivity contribution in [3.05, 3.63) is 82.0 Å². The monoisotopic (exact) mass is 435 g/mol. The average Bonchev–Trinajstić information content (AvgIpc) is 3.29. The van der Waals surface area contributed by atoms with E-state index in [-0.39, 0.29) is 11.5 Å². The number of carboxylic acid groups (broad SMARTS) is 1. The van der Waals surface area contributed by atoms with Crippen molar-refractivity contribution in [3.8, 4) is 11.3 Å². The van der Waals surface area contributed by atoms with E-state index in [1.54, 1.807) is 18.2 Å². The molecule has 1 amide bonds. The Hall–Kier alpha value is -3.16. The molecular formula is C23H17NO4S2. The van der Waals surface area contributed by atoms with Gasteiger partial charge in [-0.05, 0) is 67.4 Å². The van der Waals surface area contributed by atoms with E-state index in [1.165, 1.54) is 39.9 Å². The number of nitrogens with zero attached hydrogens (tertiary/aromatic N) is 1. The molecular weight excluding hydrogens is 418 g/mol. The standard InChI is InChI=1S/C23H17NO4S2/c1-13-3-4-16(11-14(13)2)19-10-9-18(28-19)12-20-21(25)24(23(29)30-20)17-7-5-15(6-8-17)22(26)27/h3-12H,1-2H3,(H,26,27)/b20-12+. The third kappa shape index (κ3) is 3.81. The van der Waals surface area contributed by atoms with E-state index in [0.29, 0.717) is 20.7 Å². The number of thiocarbonyl (C=S) groups is 1. The van der Waals surface area contributed by atoms with Crippen LogP contribution in [0.2, 0.25) is 0 Å². The first-order valence-corrected chi connectivity index (χ1v) is 10.3. The number of benzene rings is 2. The highest BCUT2D eigenvalue weighted by atomic mass is 32.2. The lowest BCUT2D eigenvalue weighted by Gasteiger charge is -2.14. The summed E-state index contributed by atoms with van der Waals surface area (Å²) in [6.07, 6.45) is 1.68. The predicted molar refractivity (Wildman–Crippen MR) is 123 cm³/mol. The van der Waals surface area contributed by atoms with Crippen LogP contribution in [0.3, 0.4) is 0 Å². The minimum absolute atomic E-state index is 0.147. The molecule has 0 unspecified atom stereocenters. The summed E-state index contributed by atoms with van der Waals surface area (Å²) in [5.41, 5.74) is 4.05. The number of carbonyl (C=O) groups is 2. The number of rotatable bonds is 4. The van der Waals surface area contributed by atoms with Gasteiger partial charge in [-0.2, -0.15) is 0 Å². The Morgan fingerprint density at radius 1 is 1.07 bits per heavy atom. The van der Waals surface area contributed by atoms with E-state index in [1.807, 2.05) is 24.3 Å². The highest BCUT2D eigenvalue weighted by Gasteiger charge is 2.33. The molecule has 4 rings (SSSR count). The highest BCUT2D eigenvalue weighted by molar-refractivity contribution is 8.27. The fourth-order valence-electron chi connectivity index (χ4n) is 3.05. The minimum Gasteiger partial charge on any atom is -0.478 e. The molecule has 1 saturated heterocycles. The van der Waals surface area contributed by atoms with Crippen LogP contribution in [0.1, 0.15) is 27.2 Å². The van der Waals surface area contributed by atoms with Crippen molar-refractivity contribution in [2.45, 2.75) is 13.8 Å². The summed E-state index contributed by atoms with van der Waals surface area (Å²) >= 11 is 6.55. The second-order valence-corrected chi connectivity index (χ2v) is 8.55. The van der Waals surface area contributed by atoms with Gasteiger partial charge in [0.15, 0.2) is 4.32 Å². The van der Waals surface area contributed by atoms with Crippen LogP contribution in [0.4, 0.5) is 5.69 Å². The Balaban J connectivity index is 1.58. The Morgan fingerprint density at radius 3 is 2.47 bits per heavy atom. The molecule has 1 aromatic heterocycles. The first-order valence-electron chi connectivity index (χ1n) is 9.12. The lowest BCUT2D eigenvalue weighted by atomic mass is 10.1. The molecule has 1 N–H and O–H groups in total. The molecule has 1 aliphatic heterocycles. The zero-order valence-electron chi connectivity index (χ0n) is 16.2. The van der Waals surface area contributed by atoms with Crippen molar-refractivity contribution < 1.29 is 19.1 Å². The van der Waals surface area contributed by atoms with E-state index in [2.05, 4.69) is 19.9 Å². The summed E-state index contributed by atoms with van der Waals surface area (Å²) in [5, 5.41) is 9.03. The van der Waals surface area contributed by atoms with Crippen molar-refractivity contribution >= 4 is 51.9 Å². The molecule has 1 aliphatic rings. The molecule has 5 nitrogen and oxygen atoms in total. The number of amides is 1. The molecule has 7 heteroatoms. The number of aryl methyl sites for hydroxylation is 2. The van der Waals surface area contributed by atoms with Crippen LogP contribution < -0.4 is 4.90 Å². The van der Waals surface area contributed by atoms with Gasteiger partial charge >= 0.3 is 5.97 Å². The zero-order chi connectivity index (χ0) is 21.4. The van der Waals surface area contributed by atoms with Gasteiger partial charge in [0.05, 0.1) is 16.2 Å². The van der Waals surface area contributed by atoms with E-state index in [0.717, 1.165) is 11.3 Å². The molecule has 3 aromatic rings. The van der Waals surface area contributed by atoms with E-state index < -0.39 is 5.97 Å². The molecule has 0 atom stereocenters. The Morgan fingerprint density at radius 2 is 1.80 bits per heavy atom. The molecule has 2 heterocycles. The van der Waals surface area contributed by atoms with Gasteiger partial charge in [0.25, 0.3) is 5.91 Å². The van der Waals surface area contributed by atoms with Crippen LogP contribution in [-0.2, 0) is 4.79 Å². The van der Waals surface area contributed by atoms with Gasteiger partial charge in [0, 0.05) is 11.6 Å². The maximum atomic E-state index is 12.9. The van der Waals surface area contributed by atoms with Crippen molar-refractivity contribution in [3.63, 3.8) is 0 Å². The van der Waals surface area contributed by atoms with E-state index in [9.17, 15) is 9.59 Å². The van der Waals surface area contributed by atoms with Crippen molar-refractivity contribution in [2.24, 2.45) is 0 Å². The van der Waals surface area contributed by atoms with Gasteiger partial charge < -0.3 is 9.52 Å². The summed E-state index contributed by atoms with van der Waals surface area (Å²) in [7, 11) is 0. The Bertz CT molecular complexity index is 1210. The van der Waals surface area contributed by atoms with Gasteiger partial charge in [-0.25, -0.2) is 4.79 Å². The second kappa shape index (κ2) is 7.93. The lowest BCUT2D eigenvalue weighted by molar-refractivity contribution is -0.113. The second-order valence-electron chi connectivity index (χ2n) is 6.87. The molecule has 30 heavy (non-hydrogen) atoms. The molecule has 0 aliphatic carbocycles. The fraction of sp³-hybridized carbons (Fsp3) is 0.0870. The predicted octanol–water partition coefficient (Wildman–Crippen LogP) is 5.67. The number of carboxylic acids is 1. The Labute approximate surface area is 183 Å². The van der Waals surface area contributed by atoms with Crippen LogP contribution >= 0.6 is 24.0 Å². The summed E-state index contributed by atoms with van der Waals surface area (Å²) in [6, 6.07) is 15.9. The Kier molecular flexibility index (Phi) is 5.32. The number of aromatic carboxylic acids is 1. The maximum Gasteiger partial charge on any atom is 0.335 e. The molecule has 0 radical (unpaired) electrons. The van der Waals surface area contributed by atoms with Gasteiger partial charge in [-0.15, -0.1) is 0 Å². The van der Waals surface area contributed by atoms with Crippen LogP contribution in [0.15, 0.2) is 63.9 Å². The largest absolute Gasteiger partial charge is 0.478 e. The summed E-state index contributed by atoms with van der Waals surface area (Å²) in [5.74, 6) is -0.00419. The normalized spacial score (nSPS) is 15.3. The smallest absolute Gasteiger partial charge is 0.335 e. The quantitative estimate of drug-likeness (QED) is 0.421. The van der Waals surface area contributed by atoms with Gasteiger partial charge in [-0.1, -0.05) is 36.1 Å². The molecule has 0 bridgehead atoms. The first-order chi connectivity index (χ1) is 14.3. The van der Waals surface area contributed by atoms with Crippen molar-refractivity contribution in [1.29, 1.82) is 0 Å². The lowest BCUT2D eigenvalue weighted by Crippen LogP contribution is -2.27. The number of thioether (sulfide) groups is 1. The van der Waals surface area contributed by atoms with E-state index in [4.69, 9.17) is 21.7 Å². The van der Waals surface area contributed by atoms with Gasteiger partial charge in [0.2, 0.25) is 0 Å². The van der Waals surface area contributed by atoms with Crippen LogP contribution in [0, 0.1) is 13.8 Å². The fourth-order valence-corrected chi connectivity index (χ4v) is 4.33. The SMILES string of the molecule is Cc1ccc(-c2ccc(/C=C3/SC(=S)N(c4ccc(C(=O)O)cc4)C3=O)o2)cc1C. The topological polar surface area (TPSA) is 70.8 Å².